The molecule has 0 atom stereocenters. The highest BCUT2D eigenvalue weighted by Gasteiger charge is 2.42. The van der Waals surface area contributed by atoms with Crippen molar-refractivity contribution in [1.82, 2.24) is 4.90 Å². The highest BCUT2D eigenvalue weighted by Crippen LogP contribution is 2.45. The number of hydrogen-bond acceptors (Lipinski definition) is 3. The Balaban J connectivity index is 1.72. The number of hydrogen-bond donors (Lipinski definition) is 1. The van der Waals surface area contributed by atoms with E-state index in [-0.39, 0.29) is 5.41 Å². The molecular formula is C15H19NOS. The van der Waals surface area contributed by atoms with Crippen LogP contribution in [0, 0.1) is 5.41 Å². The van der Waals surface area contributed by atoms with Crippen molar-refractivity contribution in [2.75, 3.05) is 20.2 Å². The van der Waals surface area contributed by atoms with Gasteiger partial charge in [-0.25, -0.2) is 0 Å². The van der Waals surface area contributed by atoms with Gasteiger partial charge in [-0.1, -0.05) is 18.2 Å². The molecule has 1 aliphatic carbocycles. The van der Waals surface area contributed by atoms with Crippen LogP contribution in [-0.2, 0) is 6.54 Å². The summed E-state index contributed by atoms with van der Waals surface area (Å²) >= 11 is 1.82. The number of fused-ring (bicyclic) bond motifs is 1. The van der Waals surface area contributed by atoms with Crippen molar-refractivity contribution in [3.8, 4) is 0 Å². The first kappa shape index (κ1) is 12.2. The van der Waals surface area contributed by atoms with Crippen LogP contribution in [0.1, 0.15) is 18.4 Å². The third-order valence-electron chi connectivity index (χ3n) is 3.90. The van der Waals surface area contributed by atoms with Gasteiger partial charge in [0.25, 0.3) is 0 Å². The summed E-state index contributed by atoms with van der Waals surface area (Å²) in [5.41, 5.74) is 1.62. The lowest BCUT2D eigenvalue weighted by Crippen LogP contribution is -2.28. The van der Waals surface area contributed by atoms with Crippen molar-refractivity contribution >= 4 is 21.4 Å². The van der Waals surface area contributed by atoms with E-state index in [4.69, 9.17) is 0 Å². The molecule has 3 rings (SSSR count). The zero-order valence-corrected chi connectivity index (χ0v) is 11.5. The van der Waals surface area contributed by atoms with E-state index in [0.29, 0.717) is 6.61 Å². The lowest BCUT2D eigenvalue weighted by molar-refractivity contribution is 0.161. The van der Waals surface area contributed by atoms with Gasteiger partial charge in [-0.05, 0) is 42.3 Å². The number of aliphatic hydroxyl groups is 1. The average molecular weight is 261 g/mol. The molecule has 0 spiro atoms. The molecule has 2 nitrogen and oxygen atoms in total. The lowest BCUT2D eigenvalue weighted by atomic mass is 10.1. The van der Waals surface area contributed by atoms with Gasteiger partial charge in [-0.3, -0.25) is 0 Å². The molecule has 0 saturated heterocycles. The van der Waals surface area contributed by atoms with Gasteiger partial charge in [0.15, 0.2) is 0 Å². The molecule has 1 aromatic carbocycles. The van der Waals surface area contributed by atoms with E-state index in [0.717, 1.165) is 13.1 Å². The molecular weight excluding hydrogens is 242 g/mol. The van der Waals surface area contributed by atoms with Crippen LogP contribution in [0.3, 0.4) is 0 Å². The Morgan fingerprint density at radius 1 is 1.33 bits per heavy atom. The summed E-state index contributed by atoms with van der Waals surface area (Å²) < 4.78 is 1.36. The second kappa shape index (κ2) is 4.65. The second-order valence-electron chi connectivity index (χ2n) is 5.59. The fourth-order valence-corrected chi connectivity index (χ4v) is 3.57. The molecule has 1 aliphatic rings. The van der Waals surface area contributed by atoms with Crippen LogP contribution < -0.4 is 0 Å². The summed E-state index contributed by atoms with van der Waals surface area (Å²) in [5.74, 6) is 0. The van der Waals surface area contributed by atoms with Crippen LogP contribution in [0.15, 0.2) is 29.6 Å². The quantitative estimate of drug-likeness (QED) is 0.894. The van der Waals surface area contributed by atoms with E-state index in [1.165, 1.54) is 28.5 Å². The highest BCUT2D eigenvalue weighted by molar-refractivity contribution is 7.17. The Bertz CT molecular complexity index is 544. The maximum Gasteiger partial charge on any atom is 0.0499 e. The minimum absolute atomic E-state index is 0.209. The van der Waals surface area contributed by atoms with E-state index in [1.54, 1.807) is 0 Å². The van der Waals surface area contributed by atoms with Gasteiger partial charge in [-0.15, -0.1) is 11.3 Å². The molecule has 3 heteroatoms. The van der Waals surface area contributed by atoms with Crippen LogP contribution >= 0.6 is 11.3 Å². The maximum absolute atomic E-state index is 9.38. The van der Waals surface area contributed by atoms with E-state index >= 15 is 0 Å². The predicted molar refractivity (Wildman–Crippen MR) is 76.9 cm³/mol. The molecule has 2 aromatic rings. The summed E-state index contributed by atoms with van der Waals surface area (Å²) in [5, 5.41) is 13.0. The Labute approximate surface area is 112 Å². The molecule has 1 fully saturated rings. The van der Waals surface area contributed by atoms with Crippen LogP contribution in [-0.4, -0.2) is 30.2 Å². The average Bonchev–Trinajstić information content (AvgIpc) is 3.04. The van der Waals surface area contributed by atoms with E-state index in [1.807, 2.05) is 11.3 Å². The van der Waals surface area contributed by atoms with Gasteiger partial charge in [0.05, 0.1) is 0 Å². The topological polar surface area (TPSA) is 23.5 Å². The third kappa shape index (κ3) is 2.30. The van der Waals surface area contributed by atoms with Gasteiger partial charge in [0.2, 0.25) is 0 Å². The summed E-state index contributed by atoms with van der Waals surface area (Å²) in [4.78, 5) is 2.34. The number of benzene rings is 1. The molecule has 1 aromatic heterocycles. The standard InChI is InChI=1S/C15H19NOS/c1-16(10-15(11-17)6-7-15)8-12-9-18-14-5-3-2-4-13(12)14/h2-5,9,17H,6-8,10-11H2,1H3. The normalized spacial score (nSPS) is 17.5. The maximum atomic E-state index is 9.38. The van der Waals surface area contributed by atoms with Crippen molar-refractivity contribution in [1.29, 1.82) is 0 Å². The van der Waals surface area contributed by atoms with E-state index in [2.05, 4.69) is 41.6 Å². The molecule has 0 unspecified atom stereocenters. The van der Waals surface area contributed by atoms with Crippen LogP contribution in [0.2, 0.25) is 0 Å². The molecule has 1 N–H and O–H groups in total. The van der Waals surface area contributed by atoms with Gasteiger partial charge in [0.1, 0.15) is 0 Å². The minimum atomic E-state index is 0.209. The first-order valence-corrected chi connectivity index (χ1v) is 7.35. The Morgan fingerprint density at radius 3 is 2.83 bits per heavy atom. The van der Waals surface area contributed by atoms with Crippen molar-refractivity contribution in [3.63, 3.8) is 0 Å². The molecule has 18 heavy (non-hydrogen) atoms. The van der Waals surface area contributed by atoms with Crippen molar-refractivity contribution in [2.45, 2.75) is 19.4 Å². The Morgan fingerprint density at radius 2 is 2.11 bits per heavy atom. The van der Waals surface area contributed by atoms with Crippen LogP contribution in [0.5, 0.6) is 0 Å². The fourth-order valence-electron chi connectivity index (χ4n) is 2.62. The van der Waals surface area contributed by atoms with Crippen molar-refractivity contribution in [2.24, 2.45) is 5.41 Å². The molecule has 0 bridgehead atoms. The molecule has 96 valence electrons. The lowest BCUT2D eigenvalue weighted by Gasteiger charge is -2.21. The van der Waals surface area contributed by atoms with Crippen LogP contribution in [0.4, 0.5) is 0 Å². The molecule has 0 amide bonds. The second-order valence-corrected chi connectivity index (χ2v) is 6.50. The zero-order chi connectivity index (χ0) is 12.6. The van der Waals surface area contributed by atoms with Crippen molar-refractivity contribution < 1.29 is 5.11 Å². The first-order chi connectivity index (χ1) is 8.72. The van der Waals surface area contributed by atoms with Gasteiger partial charge in [0, 0.05) is 29.8 Å². The summed E-state index contributed by atoms with van der Waals surface area (Å²) in [6.45, 7) is 2.32. The van der Waals surface area contributed by atoms with Gasteiger partial charge >= 0.3 is 0 Å². The number of rotatable bonds is 5. The molecule has 1 heterocycles. The first-order valence-electron chi connectivity index (χ1n) is 6.47. The fraction of sp³-hybridized carbons (Fsp3) is 0.467. The summed E-state index contributed by atoms with van der Waals surface area (Å²) in [6, 6.07) is 8.58. The smallest absolute Gasteiger partial charge is 0.0499 e. The van der Waals surface area contributed by atoms with Gasteiger partial charge in [-0.2, -0.15) is 0 Å². The van der Waals surface area contributed by atoms with Crippen LogP contribution in [0.25, 0.3) is 10.1 Å². The number of thiophene rings is 1. The van der Waals surface area contributed by atoms with Crippen molar-refractivity contribution in [3.05, 3.63) is 35.2 Å². The van der Waals surface area contributed by atoms with E-state index in [9.17, 15) is 5.11 Å². The third-order valence-corrected chi connectivity index (χ3v) is 4.91. The number of aliphatic hydroxyl groups excluding tert-OH is 1. The van der Waals surface area contributed by atoms with E-state index < -0.39 is 0 Å². The Kier molecular flexibility index (Phi) is 3.14. The SMILES string of the molecule is CN(Cc1csc2ccccc12)CC1(CO)CC1. The molecule has 0 aliphatic heterocycles. The predicted octanol–water partition coefficient (Wildman–Crippen LogP) is 3.11. The molecule has 1 saturated carbocycles. The van der Waals surface area contributed by atoms with Gasteiger partial charge < -0.3 is 10.0 Å². The zero-order valence-electron chi connectivity index (χ0n) is 10.7. The summed E-state index contributed by atoms with van der Waals surface area (Å²) in [7, 11) is 2.15. The number of nitrogens with zero attached hydrogens (tertiary/aromatic N) is 1. The largest absolute Gasteiger partial charge is 0.396 e. The molecule has 0 radical (unpaired) electrons. The minimum Gasteiger partial charge on any atom is -0.396 e. The monoisotopic (exact) mass is 261 g/mol. The summed E-state index contributed by atoms with van der Waals surface area (Å²) in [6.07, 6.45) is 2.36. The Hall–Kier alpha value is -0.900. The highest BCUT2D eigenvalue weighted by atomic mass is 32.1.